The molecule has 1 aromatic rings. The molecule has 0 aliphatic heterocycles. The SMILES string of the molecule is CCCN(CCC)c1cccc(F)c1C=O. The molecule has 16 heavy (non-hydrogen) atoms. The minimum atomic E-state index is -0.440. The van der Waals surface area contributed by atoms with Gasteiger partial charge >= 0.3 is 0 Å². The lowest BCUT2D eigenvalue weighted by atomic mass is 10.1. The summed E-state index contributed by atoms with van der Waals surface area (Å²) in [6.07, 6.45) is 2.56. The molecule has 1 rings (SSSR count). The van der Waals surface area contributed by atoms with Crippen molar-refractivity contribution in [2.75, 3.05) is 18.0 Å². The molecule has 0 N–H and O–H groups in total. The highest BCUT2D eigenvalue weighted by Gasteiger charge is 2.12. The van der Waals surface area contributed by atoms with Crippen LogP contribution in [0.4, 0.5) is 10.1 Å². The molecule has 1 aromatic carbocycles. The van der Waals surface area contributed by atoms with E-state index in [1.807, 2.05) is 0 Å². The number of anilines is 1. The molecule has 0 heterocycles. The topological polar surface area (TPSA) is 20.3 Å². The summed E-state index contributed by atoms with van der Waals surface area (Å²) in [5.41, 5.74) is 0.878. The number of hydrogen-bond donors (Lipinski definition) is 0. The number of halogens is 1. The summed E-state index contributed by atoms with van der Waals surface area (Å²) in [5, 5.41) is 0. The number of benzene rings is 1. The van der Waals surface area contributed by atoms with Gasteiger partial charge in [-0.2, -0.15) is 0 Å². The van der Waals surface area contributed by atoms with Crippen molar-refractivity contribution in [1.29, 1.82) is 0 Å². The second-order valence-corrected chi connectivity index (χ2v) is 3.78. The smallest absolute Gasteiger partial charge is 0.155 e. The van der Waals surface area contributed by atoms with Crippen molar-refractivity contribution in [3.05, 3.63) is 29.6 Å². The summed E-state index contributed by atoms with van der Waals surface area (Å²) in [6, 6.07) is 4.78. The molecule has 0 spiro atoms. The average Bonchev–Trinajstić information content (AvgIpc) is 2.28. The van der Waals surface area contributed by atoms with Gasteiger partial charge in [0.25, 0.3) is 0 Å². The van der Waals surface area contributed by atoms with E-state index in [9.17, 15) is 9.18 Å². The number of carbonyl (C=O) groups excluding carboxylic acids is 1. The fourth-order valence-electron chi connectivity index (χ4n) is 1.81. The summed E-state index contributed by atoms with van der Waals surface area (Å²) in [7, 11) is 0. The van der Waals surface area contributed by atoms with E-state index in [4.69, 9.17) is 0 Å². The van der Waals surface area contributed by atoms with Crippen LogP contribution in [0, 0.1) is 5.82 Å². The molecule has 0 atom stereocenters. The summed E-state index contributed by atoms with van der Waals surface area (Å²) in [4.78, 5) is 13.0. The molecular weight excluding hydrogens is 205 g/mol. The molecule has 3 heteroatoms. The number of nitrogens with zero attached hydrogens (tertiary/aromatic N) is 1. The van der Waals surface area contributed by atoms with Gasteiger partial charge in [-0.25, -0.2) is 4.39 Å². The summed E-state index contributed by atoms with van der Waals surface area (Å²) >= 11 is 0. The Balaban J connectivity index is 3.07. The fraction of sp³-hybridized carbons (Fsp3) is 0.462. The van der Waals surface area contributed by atoms with Gasteiger partial charge in [-0.15, -0.1) is 0 Å². The third-order valence-corrected chi connectivity index (χ3v) is 2.48. The first kappa shape index (κ1) is 12.7. The van der Waals surface area contributed by atoms with Gasteiger partial charge in [0, 0.05) is 13.1 Å². The standard InChI is InChI=1S/C13H18FNO/c1-3-8-15(9-4-2)13-7-5-6-12(14)11(13)10-16/h5-7,10H,3-4,8-9H2,1-2H3. The predicted molar refractivity (Wildman–Crippen MR) is 64.6 cm³/mol. The van der Waals surface area contributed by atoms with E-state index < -0.39 is 5.82 Å². The van der Waals surface area contributed by atoms with Crippen LogP contribution in [0.25, 0.3) is 0 Å². The first-order valence-electron chi connectivity index (χ1n) is 5.73. The Hall–Kier alpha value is -1.38. The van der Waals surface area contributed by atoms with Crippen LogP contribution in [-0.4, -0.2) is 19.4 Å². The van der Waals surface area contributed by atoms with Crippen LogP contribution in [-0.2, 0) is 0 Å². The first-order valence-corrected chi connectivity index (χ1v) is 5.73. The van der Waals surface area contributed by atoms with E-state index in [0.29, 0.717) is 12.0 Å². The van der Waals surface area contributed by atoms with Crippen LogP contribution in [0.2, 0.25) is 0 Å². The first-order chi connectivity index (χ1) is 7.74. The van der Waals surface area contributed by atoms with E-state index >= 15 is 0 Å². The zero-order valence-corrected chi connectivity index (χ0v) is 9.87. The van der Waals surface area contributed by atoms with Crippen molar-refractivity contribution in [2.45, 2.75) is 26.7 Å². The fourth-order valence-corrected chi connectivity index (χ4v) is 1.81. The van der Waals surface area contributed by atoms with Gasteiger partial charge in [0.15, 0.2) is 6.29 Å². The Kier molecular flexibility index (Phi) is 4.96. The maximum atomic E-state index is 13.4. The van der Waals surface area contributed by atoms with Crippen molar-refractivity contribution in [2.24, 2.45) is 0 Å². The Morgan fingerprint density at radius 1 is 1.25 bits per heavy atom. The molecule has 0 radical (unpaired) electrons. The van der Waals surface area contributed by atoms with E-state index in [2.05, 4.69) is 18.7 Å². The molecule has 0 aliphatic rings. The number of rotatable bonds is 6. The van der Waals surface area contributed by atoms with E-state index in [-0.39, 0.29) is 5.56 Å². The van der Waals surface area contributed by atoms with Crippen molar-refractivity contribution in [1.82, 2.24) is 0 Å². The summed E-state index contributed by atoms with van der Waals surface area (Å²) in [5.74, 6) is -0.440. The molecule has 0 amide bonds. The van der Waals surface area contributed by atoms with E-state index in [1.54, 1.807) is 12.1 Å². The van der Waals surface area contributed by atoms with Crippen molar-refractivity contribution in [3.8, 4) is 0 Å². The third-order valence-electron chi connectivity index (χ3n) is 2.48. The summed E-state index contributed by atoms with van der Waals surface area (Å²) in [6.45, 7) is 5.83. The lowest BCUT2D eigenvalue weighted by molar-refractivity contribution is 0.112. The zero-order valence-electron chi connectivity index (χ0n) is 9.87. The zero-order chi connectivity index (χ0) is 12.0. The minimum Gasteiger partial charge on any atom is -0.371 e. The van der Waals surface area contributed by atoms with Crippen molar-refractivity contribution in [3.63, 3.8) is 0 Å². The normalized spacial score (nSPS) is 10.2. The Bertz CT molecular complexity index is 346. The lowest BCUT2D eigenvalue weighted by Gasteiger charge is -2.25. The van der Waals surface area contributed by atoms with E-state index in [1.165, 1.54) is 6.07 Å². The second-order valence-electron chi connectivity index (χ2n) is 3.78. The molecule has 0 saturated heterocycles. The molecule has 88 valence electrons. The van der Waals surface area contributed by atoms with Crippen LogP contribution >= 0.6 is 0 Å². The van der Waals surface area contributed by atoms with Crippen LogP contribution in [0.15, 0.2) is 18.2 Å². The van der Waals surface area contributed by atoms with Crippen molar-refractivity contribution >= 4 is 12.0 Å². The third kappa shape index (κ3) is 2.81. The Morgan fingerprint density at radius 2 is 1.88 bits per heavy atom. The van der Waals surface area contributed by atoms with Crippen LogP contribution in [0.5, 0.6) is 0 Å². The minimum absolute atomic E-state index is 0.171. The predicted octanol–water partition coefficient (Wildman–Crippen LogP) is 3.26. The van der Waals surface area contributed by atoms with Gasteiger partial charge in [0.1, 0.15) is 5.82 Å². The molecular formula is C13H18FNO. The van der Waals surface area contributed by atoms with Crippen LogP contribution in [0.3, 0.4) is 0 Å². The van der Waals surface area contributed by atoms with Gasteiger partial charge in [0.05, 0.1) is 11.3 Å². The largest absolute Gasteiger partial charge is 0.371 e. The van der Waals surface area contributed by atoms with Gasteiger partial charge in [-0.3, -0.25) is 4.79 Å². The number of hydrogen-bond acceptors (Lipinski definition) is 2. The van der Waals surface area contributed by atoms with Gasteiger partial charge in [-0.05, 0) is 25.0 Å². The van der Waals surface area contributed by atoms with Crippen LogP contribution in [0.1, 0.15) is 37.0 Å². The van der Waals surface area contributed by atoms with Gasteiger partial charge < -0.3 is 4.90 Å². The molecule has 2 nitrogen and oxygen atoms in total. The highest BCUT2D eigenvalue weighted by Crippen LogP contribution is 2.22. The highest BCUT2D eigenvalue weighted by molar-refractivity contribution is 5.85. The number of aldehydes is 1. The molecule has 0 aliphatic carbocycles. The maximum Gasteiger partial charge on any atom is 0.155 e. The highest BCUT2D eigenvalue weighted by atomic mass is 19.1. The Morgan fingerprint density at radius 3 is 2.38 bits per heavy atom. The van der Waals surface area contributed by atoms with Crippen molar-refractivity contribution < 1.29 is 9.18 Å². The molecule has 0 aromatic heterocycles. The van der Waals surface area contributed by atoms with E-state index in [0.717, 1.165) is 25.9 Å². The van der Waals surface area contributed by atoms with Gasteiger partial charge in [0.2, 0.25) is 0 Å². The second kappa shape index (κ2) is 6.26. The maximum absolute atomic E-state index is 13.4. The molecule has 0 unspecified atom stereocenters. The monoisotopic (exact) mass is 223 g/mol. The molecule has 0 fully saturated rings. The molecule has 0 bridgehead atoms. The Labute approximate surface area is 96.1 Å². The number of carbonyl (C=O) groups is 1. The molecule has 0 saturated carbocycles. The lowest BCUT2D eigenvalue weighted by Crippen LogP contribution is -2.26. The van der Waals surface area contributed by atoms with Crippen LogP contribution < -0.4 is 4.90 Å². The van der Waals surface area contributed by atoms with Gasteiger partial charge in [-0.1, -0.05) is 19.9 Å². The average molecular weight is 223 g/mol. The summed E-state index contributed by atoms with van der Waals surface area (Å²) < 4.78 is 13.4. The quantitative estimate of drug-likeness (QED) is 0.690.